The highest BCUT2D eigenvalue weighted by molar-refractivity contribution is 7.90. The van der Waals surface area contributed by atoms with E-state index in [0.717, 1.165) is 12.8 Å². The third kappa shape index (κ3) is 3.34. The van der Waals surface area contributed by atoms with Gasteiger partial charge in [0, 0.05) is 31.3 Å². The number of piperidine rings is 1. The number of anilines is 1. The van der Waals surface area contributed by atoms with Gasteiger partial charge in [-0.3, -0.25) is 10.1 Å². The smallest absolute Gasteiger partial charge is 0.270 e. The van der Waals surface area contributed by atoms with E-state index in [0.29, 0.717) is 31.6 Å². The molecule has 0 radical (unpaired) electrons. The Labute approximate surface area is 140 Å². The zero-order chi connectivity index (χ0) is 17.3. The lowest BCUT2D eigenvalue weighted by molar-refractivity contribution is -0.384. The SMILES string of the molecule is N#Cc1cc([N+](=O)[O-])ccc1NC1CCN(S(=O)(=O)C2CC2)CC1. The van der Waals surface area contributed by atoms with Gasteiger partial charge in [-0.15, -0.1) is 0 Å². The fourth-order valence-electron chi connectivity index (χ4n) is 2.92. The highest BCUT2D eigenvalue weighted by Gasteiger charge is 2.41. The van der Waals surface area contributed by atoms with Crippen molar-refractivity contribution in [3.8, 4) is 6.07 Å². The number of hydrogen-bond acceptors (Lipinski definition) is 6. The number of non-ortho nitro benzene ring substituents is 1. The molecule has 1 aliphatic heterocycles. The van der Waals surface area contributed by atoms with Gasteiger partial charge >= 0.3 is 0 Å². The van der Waals surface area contributed by atoms with Crippen LogP contribution in [0, 0.1) is 21.4 Å². The summed E-state index contributed by atoms with van der Waals surface area (Å²) < 4.78 is 26.0. The maximum absolute atomic E-state index is 12.2. The molecule has 3 rings (SSSR count). The van der Waals surface area contributed by atoms with E-state index in [1.165, 1.54) is 18.2 Å². The highest BCUT2D eigenvalue weighted by atomic mass is 32.2. The van der Waals surface area contributed by atoms with E-state index in [1.807, 2.05) is 6.07 Å². The van der Waals surface area contributed by atoms with Crippen LogP contribution in [0.25, 0.3) is 0 Å². The molecule has 0 atom stereocenters. The summed E-state index contributed by atoms with van der Waals surface area (Å²) in [6.07, 6.45) is 2.81. The first kappa shape index (κ1) is 16.7. The molecule has 24 heavy (non-hydrogen) atoms. The summed E-state index contributed by atoms with van der Waals surface area (Å²) in [6, 6.07) is 6.14. The Hall–Kier alpha value is -2.18. The first-order chi connectivity index (χ1) is 11.4. The van der Waals surface area contributed by atoms with Gasteiger partial charge in [0.2, 0.25) is 10.0 Å². The van der Waals surface area contributed by atoms with Crippen molar-refractivity contribution in [2.75, 3.05) is 18.4 Å². The van der Waals surface area contributed by atoms with E-state index in [-0.39, 0.29) is 22.5 Å². The molecule has 2 fully saturated rings. The molecule has 8 nitrogen and oxygen atoms in total. The summed E-state index contributed by atoms with van der Waals surface area (Å²) in [5.41, 5.74) is 0.645. The molecule has 1 aromatic carbocycles. The number of nitrogens with one attached hydrogen (secondary N) is 1. The Morgan fingerprint density at radius 3 is 2.46 bits per heavy atom. The fraction of sp³-hybridized carbons (Fsp3) is 0.533. The topological polar surface area (TPSA) is 116 Å². The van der Waals surface area contributed by atoms with Crippen LogP contribution in [0.5, 0.6) is 0 Å². The first-order valence-electron chi connectivity index (χ1n) is 7.86. The molecule has 0 aromatic heterocycles. The fourth-order valence-corrected chi connectivity index (χ4v) is 4.79. The van der Waals surface area contributed by atoms with Crippen LogP contribution in [0.4, 0.5) is 11.4 Å². The van der Waals surface area contributed by atoms with Crippen LogP contribution < -0.4 is 5.32 Å². The zero-order valence-electron chi connectivity index (χ0n) is 13.0. The van der Waals surface area contributed by atoms with Crippen molar-refractivity contribution in [2.45, 2.75) is 37.0 Å². The maximum atomic E-state index is 12.2. The average molecular weight is 350 g/mol. The number of benzene rings is 1. The standard InChI is InChI=1S/C15H18N4O4S/c16-10-11-9-13(19(20)21)1-4-15(11)17-12-5-7-18(8-6-12)24(22,23)14-2-3-14/h1,4,9,12,14,17H,2-3,5-8H2. The van der Waals surface area contributed by atoms with Crippen molar-refractivity contribution < 1.29 is 13.3 Å². The molecule has 0 bridgehead atoms. The lowest BCUT2D eigenvalue weighted by Gasteiger charge is -2.32. The molecule has 0 unspecified atom stereocenters. The summed E-state index contributed by atoms with van der Waals surface area (Å²) in [7, 11) is -3.13. The van der Waals surface area contributed by atoms with Crippen LogP contribution in [0.15, 0.2) is 18.2 Å². The number of hydrogen-bond donors (Lipinski definition) is 1. The maximum Gasteiger partial charge on any atom is 0.270 e. The van der Waals surface area contributed by atoms with E-state index < -0.39 is 14.9 Å². The monoisotopic (exact) mass is 350 g/mol. The number of nitrogens with zero attached hydrogens (tertiary/aromatic N) is 3. The van der Waals surface area contributed by atoms with Gasteiger partial charge in [0.1, 0.15) is 6.07 Å². The minimum absolute atomic E-state index is 0.0456. The minimum atomic E-state index is -3.13. The Bertz CT molecular complexity index is 790. The van der Waals surface area contributed by atoms with Crippen molar-refractivity contribution in [2.24, 2.45) is 0 Å². The van der Waals surface area contributed by atoms with Crippen LogP contribution in [-0.2, 0) is 10.0 Å². The Balaban J connectivity index is 1.64. The number of sulfonamides is 1. The Morgan fingerprint density at radius 1 is 1.25 bits per heavy atom. The van der Waals surface area contributed by atoms with Crippen molar-refractivity contribution >= 4 is 21.4 Å². The van der Waals surface area contributed by atoms with Gasteiger partial charge in [-0.1, -0.05) is 0 Å². The van der Waals surface area contributed by atoms with Gasteiger partial charge in [-0.25, -0.2) is 12.7 Å². The lowest BCUT2D eigenvalue weighted by atomic mass is 10.1. The van der Waals surface area contributed by atoms with Crippen molar-refractivity contribution in [3.05, 3.63) is 33.9 Å². The molecule has 1 aliphatic carbocycles. The number of nitro benzene ring substituents is 1. The third-order valence-corrected chi connectivity index (χ3v) is 6.85. The van der Waals surface area contributed by atoms with Crippen molar-refractivity contribution in [1.82, 2.24) is 4.31 Å². The second-order valence-corrected chi connectivity index (χ2v) is 8.37. The summed E-state index contributed by atoms with van der Waals surface area (Å²) >= 11 is 0. The number of nitro groups is 1. The molecule has 1 N–H and O–H groups in total. The van der Waals surface area contributed by atoms with Crippen LogP contribution in [0.3, 0.4) is 0 Å². The normalized spacial score (nSPS) is 19.6. The Kier molecular flexibility index (Phi) is 4.43. The molecule has 1 saturated heterocycles. The summed E-state index contributed by atoms with van der Waals surface area (Å²) in [4.78, 5) is 10.2. The lowest BCUT2D eigenvalue weighted by Crippen LogP contribution is -2.43. The summed E-state index contributed by atoms with van der Waals surface area (Å²) in [6.45, 7) is 0.927. The molecule has 0 spiro atoms. The van der Waals surface area contributed by atoms with E-state index in [4.69, 9.17) is 0 Å². The number of rotatable bonds is 5. The second-order valence-electron chi connectivity index (χ2n) is 6.16. The molecule has 128 valence electrons. The molecular formula is C15H18N4O4S. The van der Waals surface area contributed by atoms with Gasteiger partial charge in [0.15, 0.2) is 0 Å². The van der Waals surface area contributed by atoms with E-state index in [1.54, 1.807) is 4.31 Å². The van der Waals surface area contributed by atoms with Gasteiger partial charge in [-0.2, -0.15) is 5.26 Å². The second kappa shape index (κ2) is 6.37. The largest absolute Gasteiger partial charge is 0.381 e. The van der Waals surface area contributed by atoms with Crippen molar-refractivity contribution in [1.29, 1.82) is 5.26 Å². The zero-order valence-corrected chi connectivity index (χ0v) is 13.8. The molecule has 9 heteroatoms. The predicted molar refractivity (Wildman–Crippen MR) is 88.0 cm³/mol. The first-order valence-corrected chi connectivity index (χ1v) is 9.36. The molecular weight excluding hydrogens is 332 g/mol. The van der Waals surface area contributed by atoms with Crippen LogP contribution >= 0.6 is 0 Å². The molecule has 1 heterocycles. The summed E-state index contributed by atoms with van der Waals surface area (Å²) in [5.74, 6) is 0. The molecule has 1 aromatic rings. The summed E-state index contributed by atoms with van der Waals surface area (Å²) in [5, 5.41) is 23.0. The van der Waals surface area contributed by atoms with Crippen LogP contribution in [0.2, 0.25) is 0 Å². The minimum Gasteiger partial charge on any atom is -0.381 e. The highest BCUT2D eigenvalue weighted by Crippen LogP contribution is 2.33. The quantitative estimate of drug-likeness (QED) is 0.640. The van der Waals surface area contributed by atoms with Gasteiger partial charge in [-0.05, 0) is 31.7 Å². The number of nitriles is 1. The average Bonchev–Trinajstić information content (AvgIpc) is 3.41. The molecule has 2 aliphatic rings. The van der Waals surface area contributed by atoms with Gasteiger partial charge < -0.3 is 5.32 Å². The Morgan fingerprint density at radius 2 is 1.92 bits per heavy atom. The molecule has 1 saturated carbocycles. The van der Waals surface area contributed by atoms with E-state index >= 15 is 0 Å². The van der Waals surface area contributed by atoms with E-state index in [2.05, 4.69) is 5.32 Å². The molecule has 0 amide bonds. The van der Waals surface area contributed by atoms with Crippen LogP contribution in [-0.4, -0.2) is 42.0 Å². The third-order valence-electron chi connectivity index (χ3n) is 4.45. The van der Waals surface area contributed by atoms with E-state index in [9.17, 15) is 23.8 Å². The van der Waals surface area contributed by atoms with Crippen molar-refractivity contribution in [3.63, 3.8) is 0 Å². The van der Waals surface area contributed by atoms with Crippen LogP contribution in [0.1, 0.15) is 31.2 Å². The van der Waals surface area contributed by atoms with Gasteiger partial charge in [0.25, 0.3) is 5.69 Å². The van der Waals surface area contributed by atoms with Gasteiger partial charge in [0.05, 0.1) is 21.4 Å². The predicted octanol–water partition coefficient (Wildman–Crippen LogP) is 1.83.